The van der Waals surface area contributed by atoms with Gasteiger partial charge in [0.1, 0.15) is 0 Å². The van der Waals surface area contributed by atoms with Gasteiger partial charge in [0.25, 0.3) is 0 Å². The molecular formula is C12H23NO. The standard InChI is InChI=1S/C10H17NO.C2H6/c1-8-2-5-10(6-3-8)7-4-9(12)11-10;1-2/h8H,2-7H2,1H3,(H,11,12);1-2H3. The van der Waals surface area contributed by atoms with E-state index in [2.05, 4.69) is 12.2 Å². The zero-order valence-corrected chi connectivity index (χ0v) is 9.73. The minimum atomic E-state index is 0.226. The number of nitrogens with one attached hydrogen (secondary N) is 1. The van der Waals surface area contributed by atoms with Gasteiger partial charge in [-0.15, -0.1) is 0 Å². The van der Waals surface area contributed by atoms with Crippen LogP contribution in [0.1, 0.15) is 59.3 Å². The highest BCUT2D eigenvalue weighted by Gasteiger charge is 2.39. The molecule has 14 heavy (non-hydrogen) atoms. The van der Waals surface area contributed by atoms with Crippen molar-refractivity contribution >= 4 is 5.91 Å². The number of amides is 1. The molecule has 0 aromatic carbocycles. The minimum Gasteiger partial charge on any atom is -0.351 e. The second kappa shape index (κ2) is 4.81. The van der Waals surface area contributed by atoms with Crippen LogP contribution in [0.3, 0.4) is 0 Å². The lowest BCUT2D eigenvalue weighted by Gasteiger charge is -2.35. The Morgan fingerprint density at radius 2 is 1.79 bits per heavy atom. The summed E-state index contributed by atoms with van der Waals surface area (Å²) in [5, 5.41) is 3.15. The summed E-state index contributed by atoms with van der Waals surface area (Å²) in [6, 6.07) is 0. The van der Waals surface area contributed by atoms with Crippen LogP contribution in [0.2, 0.25) is 0 Å². The van der Waals surface area contributed by atoms with E-state index < -0.39 is 0 Å². The third-order valence-corrected chi connectivity index (χ3v) is 3.47. The quantitative estimate of drug-likeness (QED) is 0.635. The molecule has 82 valence electrons. The molecule has 0 radical (unpaired) electrons. The third kappa shape index (κ3) is 2.49. The van der Waals surface area contributed by atoms with Crippen molar-refractivity contribution in [2.24, 2.45) is 5.92 Å². The van der Waals surface area contributed by atoms with Crippen LogP contribution in [-0.2, 0) is 4.79 Å². The van der Waals surface area contributed by atoms with Gasteiger partial charge in [0.2, 0.25) is 5.91 Å². The van der Waals surface area contributed by atoms with Gasteiger partial charge in [-0.3, -0.25) is 4.79 Å². The predicted molar refractivity (Wildman–Crippen MR) is 59.1 cm³/mol. The molecule has 0 unspecified atom stereocenters. The van der Waals surface area contributed by atoms with Gasteiger partial charge in [-0.05, 0) is 38.0 Å². The summed E-state index contributed by atoms with van der Waals surface area (Å²) in [7, 11) is 0. The maximum absolute atomic E-state index is 11.1. The fraction of sp³-hybridized carbons (Fsp3) is 0.917. The van der Waals surface area contributed by atoms with Crippen LogP contribution < -0.4 is 5.32 Å². The first-order chi connectivity index (χ1) is 6.70. The summed E-state index contributed by atoms with van der Waals surface area (Å²) in [5.74, 6) is 1.14. The molecule has 0 bridgehead atoms. The molecule has 2 nitrogen and oxygen atoms in total. The predicted octanol–water partition coefficient (Wildman–Crippen LogP) is 2.87. The van der Waals surface area contributed by atoms with Gasteiger partial charge in [0, 0.05) is 12.0 Å². The van der Waals surface area contributed by atoms with Gasteiger partial charge in [-0.25, -0.2) is 0 Å². The van der Waals surface area contributed by atoms with E-state index in [0.717, 1.165) is 18.8 Å². The summed E-state index contributed by atoms with van der Waals surface area (Å²) < 4.78 is 0. The number of carbonyl (C=O) groups excluding carboxylic acids is 1. The number of hydrogen-bond acceptors (Lipinski definition) is 1. The van der Waals surface area contributed by atoms with E-state index in [9.17, 15) is 4.79 Å². The normalized spacial score (nSPS) is 36.2. The van der Waals surface area contributed by atoms with E-state index in [1.807, 2.05) is 13.8 Å². The molecule has 1 N–H and O–H groups in total. The topological polar surface area (TPSA) is 29.1 Å². The van der Waals surface area contributed by atoms with Crippen LogP contribution in [0.25, 0.3) is 0 Å². The van der Waals surface area contributed by atoms with Crippen molar-refractivity contribution in [3.05, 3.63) is 0 Å². The maximum atomic E-state index is 11.1. The van der Waals surface area contributed by atoms with Crippen LogP contribution in [-0.4, -0.2) is 11.4 Å². The van der Waals surface area contributed by atoms with Gasteiger partial charge in [-0.2, -0.15) is 0 Å². The van der Waals surface area contributed by atoms with Crippen molar-refractivity contribution in [2.45, 2.75) is 64.8 Å². The van der Waals surface area contributed by atoms with Crippen molar-refractivity contribution < 1.29 is 4.79 Å². The van der Waals surface area contributed by atoms with E-state index in [-0.39, 0.29) is 11.4 Å². The van der Waals surface area contributed by atoms with Crippen LogP contribution in [0.5, 0.6) is 0 Å². The van der Waals surface area contributed by atoms with Crippen molar-refractivity contribution in [2.75, 3.05) is 0 Å². The number of hydrogen-bond donors (Lipinski definition) is 1. The summed E-state index contributed by atoms with van der Waals surface area (Å²) in [5.41, 5.74) is 0.226. The van der Waals surface area contributed by atoms with E-state index in [4.69, 9.17) is 0 Å². The Balaban J connectivity index is 0.000000461. The van der Waals surface area contributed by atoms with E-state index in [1.54, 1.807) is 0 Å². The van der Waals surface area contributed by atoms with Crippen LogP contribution >= 0.6 is 0 Å². The molecule has 1 saturated heterocycles. The van der Waals surface area contributed by atoms with Gasteiger partial charge in [-0.1, -0.05) is 20.8 Å². The fourth-order valence-corrected chi connectivity index (χ4v) is 2.46. The Kier molecular flexibility index (Phi) is 3.97. The average molecular weight is 197 g/mol. The molecule has 0 aromatic rings. The highest BCUT2D eigenvalue weighted by molar-refractivity contribution is 5.79. The molecular weight excluding hydrogens is 174 g/mol. The maximum Gasteiger partial charge on any atom is 0.220 e. The Morgan fingerprint density at radius 1 is 1.21 bits per heavy atom. The lowest BCUT2D eigenvalue weighted by Crippen LogP contribution is -2.44. The van der Waals surface area contributed by atoms with Crippen molar-refractivity contribution in [3.63, 3.8) is 0 Å². The fourth-order valence-electron chi connectivity index (χ4n) is 2.46. The van der Waals surface area contributed by atoms with Crippen molar-refractivity contribution in [3.8, 4) is 0 Å². The highest BCUT2D eigenvalue weighted by Crippen LogP contribution is 2.37. The number of rotatable bonds is 0. The first kappa shape index (κ1) is 11.5. The first-order valence-electron chi connectivity index (χ1n) is 6.01. The van der Waals surface area contributed by atoms with Gasteiger partial charge >= 0.3 is 0 Å². The molecule has 0 aromatic heterocycles. The SMILES string of the molecule is CC.CC1CCC2(CCC(=O)N2)CC1. The summed E-state index contributed by atoms with van der Waals surface area (Å²) >= 11 is 0. The first-order valence-corrected chi connectivity index (χ1v) is 6.01. The molecule has 2 fully saturated rings. The minimum absolute atomic E-state index is 0.226. The largest absolute Gasteiger partial charge is 0.351 e. The van der Waals surface area contributed by atoms with Crippen molar-refractivity contribution in [1.82, 2.24) is 5.32 Å². The monoisotopic (exact) mass is 197 g/mol. The average Bonchev–Trinajstić information content (AvgIpc) is 2.57. The van der Waals surface area contributed by atoms with E-state index in [0.29, 0.717) is 0 Å². The second-order valence-electron chi connectivity index (χ2n) is 4.51. The Morgan fingerprint density at radius 3 is 2.21 bits per heavy atom. The molecule has 1 heterocycles. The molecule has 1 aliphatic heterocycles. The van der Waals surface area contributed by atoms with Gasteiger partial charge < -0.3 is 5.32 Å². The zero-order chi connectivity index (χ0) is 10.6. The van der Waals surface area contributed by atoms with E-state index >= 15 is 0 Å². The van der Waals surface area contributed by atoms with Crippen LogP contribution in [0, 0.1) is 5.92 Å². The van der Waals surface area contributed by atoms with E-state index in [1.165, 1.54) is 25.7 Å². The molecule has 1 aliphatic carbocycles. The summed E-state index contributed by atoms with van der Waals surface area (Å²) in [4.78, 5) is 11.1. The molecule has 2 rings (SSSR count). The molecule has 1 spiro atoms. The van der Waals surface area contributed by atoms with Gasteiger partial charge in [0.15, 0.2) is 0 Å². The lowest BCUT2D eigenvalue weighted by atomic mass is 9.76. The van der Waals surface area contributed by atoms with Crippen LogP contribution in [0.4, 0.5) is 0 Å². The summed E-state index contributed by atoms with van der Waals surface area (Å²) in [6.07, 6.45) is 6.84. The molecule has 2 heteroatoms. The smallest absolute Gasteiger partial charge is 0.220 e. The van der Waals surface area contributed by atoms with Crippen LogP contribution in [0.15, 0.2) is 0 Å². The Labute approximate surface area is 87.5 Å². The molecule has 1 saturated carbocycles. The molecule has 2 aliphatic rings. The zero-order valence-electron chi connectivity index (χ0n) is 9.73. The second-order valence-corrected chi connectivity index (χ2v) is 4.51. The van der Waals surface area contributed by atoms with Crippen molar-refractivity contribution in [1.29, 1.82) is 0 Å². The van der Waals surface area contributed by atoms with Gasteiger partial charge in [0.05, 0.1) is 0 Å². The molecule has 1 amide bonds. The summed E-state index contributed by atoms with van der Waals surface area (Å²) in [6.45, 7) is 6.31. The molecule has 0 atom stereocenters. The highest BCUT2D eigenvalue weighted by atomic mass is 16.2. The Bertz CT molecular complexity index is 192. The Hall–Kier alpha value is -0.530. The third-order valence-electron chi connectivity index (χ3n) is 3.47. The number of carbonyl (C=O) groups is 1. The lowest BCUT2D eigenvalue weighted by molar-refractivity contribution is -0.120.